The van der Waals surface area contributed by atoms with Gasteiger partial charge in [-0.15, -0.1) is 0 Å². The van der Waals surface area contributed by atoms with E-state index >= 15 is 0 Å². The molecule has 43 heavy (non-hydrogen) atoms. The Labute approximate surface area is 260 Å². The van der Waals surface area contributed by atoms with Crippen molar-refractivity contribution in [3.63, 3.8) is 0 Å². The predicted octanol–water partition coefficient (Wildman–Crippen LogP) is 5.51. The standard InChI is InChI=1S/C38H31N2.2CH3.Sn.H/c1-2-25-21-26-12-6-7-13-28(26)30-18-19-32-31(37(25)30)17-16-27(20-24-10-4-3-5-11-24)38(32)36-22-35-33(23-39-36)29-14-8-9-15-34(29)40-35;;;;/h3-15,18-19,21-22,25,27H,1-2,16-17,20,23H2;2*1H3;;. The Hall–Kier alpha value is -3.50. The zero-order valence-electron chi connectivity index (χ0n) is 25.2. The summed E-state index contributed by atoms with van der Waals surface area (Å²) in [4.78, 5) is 15.5. The van der Waals surface area contributed by atoms with Crippen LogP contribution in [0.1, 0.15) is 35.4 Å². The number of hydrogen-bond acceptors (Lipinski definition) is 2. The van der Waals surface area contributed by atoms with E-state index in [4.69, 9.17) is 9.98 Å². The van der Waals surface area contributed by atoms with Crippen molar-refractivity contribution in [2.75, 3.05) is 6.54 Å². The quantitative estimate of drug-likeness (QED) is 0.243. The molecule has 0 bridgehead atoms. The van der Waals surface area contributed by atoms with E-state index in [2.05, 4.69) is 113 Å². The second-order valence-corrected chi connectivity index (χ2v) is 22.7. The fourth-order valence-corrected chi connectivity index (χ4v) is 10.8. The van der Waals surface area contributed by atoms with Crippen LogP contribution in [0.25, 0.3) is 17.2 Å². The molecule has 0 saturated carbocycles. The Balaban J connectivity index is 1.36. The summed E-state index contributed by atoms with van der Waals surface area (Å²) in [5, 5.41) is 8.03. The van der Waals surface area contributed by atoms with Crippen LogP contribution in [0.5, 0.6) is 0 Å². The van der Waals surface area contributed by atoms with Crippen molar-refractivity contribution in [3.8, 4) is 0 Å². The molecule has 0 N–H and O–H groups in total. The van der Waals surface area contributed by atoms with Crippen LogP contribution in [0.3, 0.4) is 0 Å². The summed E-state index contributed by atoms with van der Waals surface area (Å²) < 4.78 is 1.45. The van der Waals surface area contributed by atoms with Crippen LogP contribution in [0.2, 0.25) is 14.3 Å². The number of para-hydroxylation sites is 1. The molecule has 0 spiro atoms. The third-order valence-electron chi connectivity index (χ3n) is 9.92. The molecule has 2 atom stereocenters. The van der Waals surface area contributed by atoms with Crippen LogP contribution in [-0.2, 0) is 12.8 Å². The molecule has 0 fully saturated rings. The number of nitrogens with zero attached hydrogens (tertiary/aromatic N) is 2. The van der Waals surface area contributed by atoms with Gasteiger partial charge in [0.25, 0.3) is 0 Å². The summed E-state index contributed by atoms with van der Waals surface area (Å²) in [6.07, 6.45) is 9.51. The number of rotatable bonds is 6. The molecule has 0 radical (unpaired) electrons. The minimum atomic E-state index is -1.35. The van der Waals surface area contributed by atoms with E-state index in [1.807, 2.05) is 0 Å². The van der Waals surface area contributed by atoms with Gasteiger partial charge in [0.05, 0.1) is 0 Å². The third-order valence-corrected chi connectivity index (χ3v) is 14.2. The van der Waals surface area contributed by atoms with E-state index < -0.39 is 19.8 Å². The van der Waals surface area contributed by atoms with Gasteiger partial charge in [0, 0.05) is 0 Å². The Morgan fingerprint density at radius 3 is 2.42 bits per heavy atom. The van der Waals surface area contributed by atoms with Crippen LogP contribution in [-0.4, -0.2) is 32.0 Å². The fourth-order valence-electron chi connectivity index (χ4n) is 7.86. The molecule has 2 aliphatic heterocycles. The van der Waals surface area contributed by atoms with E-state index in [1.165, 1.54) is 53.7 Å². The molecule has 0 aromatic heterocycles. The Bertz CT molecular complexity index is 2170. The topological polar surface area (TPSA) is 24.7 Å². The van der Waals surface area contributed by atoms with Crippen LogP contribution in [0, 0.1) is 16.4 Å². The zero-order chi connectivity index (χ0) is 28.9. The first-order chi connectivity index (χ1) is 21.1. The number of hydrogen-bond donors (Lipinski definition) is 0. The van der Waals surface area contributed by atoms with Gasteiger partial charge in [-0.1, -0.05) is 24.3 Å². The van der Waals surface area contributed by atoms with Gasteiger partial charge in [-0.05, 0) is 6.07 Å². The predicted molar refractivity (Wildman–Crippen MR) is 182 cm³/mol. The van der Waals surface area contributed by atoms with E-state index in [0.29, 0.717) is 18.4 Å². The van der Waals surface area contributed by atoms with Crippen molar-refractivity contribution >= 4 is 42.7 Å². The molecule has 2 nitrogen and oxygen atoms in total. The number of dihydropyridines is 1. The van der Waals surface area contributed by atoms with Crippen molar-refractivity contribution in [2.45, 2.75) is 45.9 Å². The number of benzene rings is 4. The number of allylic oxidation sites excluding steroid dienone is 1. The molecule has 3 heteroatoms. The van der Waals surface area contributed by atoms with Crippen molar-refractivity contribution in [3.05, 3.63) is 151 Å². The Kier molecular flexibility index (Phi) is 7.06. The summed E-state index contributed by atoms with van der Waals surface area (Å²) in [6, 6.07) is 33.5. The molecular weight excluding hydrogens is 627 g/mol. The molecule has 2 unspecified atom stereocenters. The number of aliphatic imine (C=N–C) groups is 1. The molecule has 212 valence electrons. The summed E-state index contributed by atoms with van der Waals surface area (Å²) in [7, 11) is 0. The van der Waals surface area contributed by atoms with Gasteiger partial charge in [-0.25, -0.2) is 0 Å². The van der Waals surface area contributed by atoms with E-state index in [-0.39, 0.29) is 0 Å². The third kappa shape index (κ3) is 4.88. The monoisotopic (exact) mass is 666 g/mol. The van der Waals surface area contributed by atoms with Gasteiger partial charge in [-0.2, -0.15) is 0 Å². The van der Waals surface area contributed by atoms with Crippen molar-refractivity contribution in [1.82, 2.24) is 0 Å². The first-order valence-electron chi connectivity index (χ1n) is 16.1. The molecule has 0 saturated heterocycles. The molecule has 4 aliphatic rings. The second-order valence-electron chi connectivity index (χ2n) is 13.1. The molecule has 0 amide bonds. The van der Waals surface area contributed by atoms with Crippen LogP contribution >= 0.6 is 0 Å². The van der Waals surface area contributed by atoms with Gasteiger partial charge >= 0.3 is 232 Å². The second kappa shape index (κ2) is 11.2. The number of fused-ring (bicyclic) bond motifs is 6. The SMILES string of the molecule is [CH3][SnH]([CH3])[CH2]CC1C=c2ccccc2=c2ccc3c(c21)CCC(Cc1ccccc1)C=3C1=NCC2=c3ccccc3=NC2=C1. The molecule has 8 rings (SSSR count). The van der Waals surface area contributed by atoms with Crippen LogP contribution in [0.15, 0.2) is 113 Å². The maximum absolute atomic E-state index is 5.32. The van der Waals surface area contributed by atoms with Crippen LogP contribution in [0.4, 0.5) is 0 Å². The average molecular weight is 665 g/mol. The molecule has 2 heterocycles. The van der Waals surface area contributed by atoms with Crippen molar-refractivity contribution in [1.29, 1.82) is 0 Å². The summed E-state index contributed by atoms with van der Waals surface area (Å²) >= 11 is -1.35. The molecule has 2 aliphatic carbocycles. The minimum absolute atomic E-state index is 0.430. The summed E-state index contributed by atoms with van der Waals surface area (Å²) in [6.45, 7) is 0.703. The van der Waals surface area contributed by atoms with E-state index in [1.54, 1.807) is 11.1 Å². The normalized spacial score (nSPS) is 19.7. The van der Waals surface area contributed by atoms with Crippen molar-refractivity contribution in [2.24, 2.45) is 15.9 Å². The Morgan fingerprint density at radius 1 is 0.791 bits per heavy atom. The van der Waals surface area contributed by atoms with Gasteiger partial charge in [-0.3, -0.25) is 0 Å². The fraction of sp³-hybridized carbons (Fsp3) is 0.250. The Morgan fingerprint density at radius 2 is 1.56 bits per heavy atom. The average Bonchev–Trinajstić information content (AvgIpc) is 3.41. The van der Waals surface area contributed by atoms with Crippen molar-refractivity contribution < 1.29 is 0 Å². The summed E-state index contributed by atoms with van der Waals surface area (Å²) in [5.74, 6) is 0.927. The molecular formula is C40H38N2Sn. The van der Waals surface area contributed by atoms with Crippen LogP contribution < -0.4 is 21.0 Å². The van der Waals surface area contributed by atoms with E-state index in [9.17, 15) is 0 Å². The first-order valence-corrected chi connectivity index (χ1v) is 25.0. The molecule has 4 aromatic carbocycles. The summed E-state index contributed by atoms with van der Waals surface area (Å²) in [5.41, 5.74) is 9.55. The van der Waals surface area contributed by atoms with E-state index in [0.717, 1.165) is 36.0 Å². The van der Waals surface area contributed by atoms with Gasteiger partial charge in [0.2, 0.25) is 0 Å². The van der Waals surface area contributed by atoms with Gasteiger partial charge in [0.1, 0.15) is 0 Å². The first kappa shape index (κ1) is 27.1. The van der Waals surface area contributed by atoms with Gasteiger partial charge < -0.3 is 0 Å². The zero-order valence-corrected chi connectivity index (χ0v) is 28.5. The molecule has 4 aromatic rings. The van der Waals surface area contributed by atoms with Gasteiger partial charge in [0.15, 0.2) is 0 Å². The maximum atomic E-state index is 5.32.